The van der Waals surface area contributed by atoms with Gasteiger partial charge in [-0.1, -0.05) is 0 Å². The van der Waals surface area contributed by atoms with Crippen LogP contribution in [0.1, 0.15) is 0 Å². The molecule has 5 heteroatoms. The van der Waals surface area contributed by atoms with Gasteiger partial charge in [-0.3, -0.25) is 4.98 Å². The molecule has 0 unspecified atom stereocenters. The summed E-state index contributed by atoms with van der Waals surface area (Å²) < 4.78 is 20.8. The highest BCUT2D eigenvalue weighted by atomic mass is 16.6. The van der Waals surface area contributed by atoms with Crippen LogP contribution in [0.15, 0.2) is 24.5 Å². The lowest BCUT2D eigenvalue weighted by Crippen LogP contribution is -2.12. The Hall–Kier alpha value is -1.17. The topological polar surface area (TPSA) is 49.8 Å². The highest BCUT2D eigenvalue weighted by Gasteiger charge is 1.93. The summed E-state index contributed by atoms with van der Waals surface area (Å²) >= 11 is 0. The van der Waals surface area contributed by atoms with Crippen molar-refractivity contribution in [3.63, 3.8) is 0 Å². The first-order valence-electron chi connectivity index (χ1n) is 5.60. The number of hydrogen-bond donors (Lipinski definition) is 0. The Morgan fingerprint density at radius 1 is 1.00 bits per heavy atom. The molecular weight excluding hydrogens is 222 g/mol. The average molecular weight is 241 g/mol. The first kappa shape index (κ1) is 13.9. The van der Waals surface area contributed by atoms with Crippen LogP contribution in [0.25, 0.3) is 0 Å². The Kier molecular flexibility index (Phi) is 8.18. The summed E-state index contributed by atoms with van der Waals surface area (Å²) in [5.74, 6) is 0.757. The number of pyridine rings is 1. The van der Waals surface area contributed by atoms with E-state index in [1.54, 1.807) is 19.5 Å². The fourth-order valence-electron chi connectivity index (χ4n) is 1.12. The van der Waals surface area contributed by atoms with E-state index < -0.39 is 0 Å². The second-order valence-corrected chi connectivity index (χ2v) is 3.25. The van der Waals surface area contributed by atoms with Crippen LogP contribution in [0.4, 0.5) is 0 Å². The van der Waals surface area contributed by atoms with Gasteiger partial charge in [0, 0.05) is 13.3 Å². The zero-order chi connectivity index (χ0) is 12.2. The molecule has 0 bridgehead atoms. The maximum absolute atomic E-state index is 5.40. The number of rotatable bonds is 10. The molecule has 1 aromatic rings. The Bertz CT molecular complexity index is 268. The molecule has 96 valence electrons. The highest BCUT2D eigenvalue weighted by Crippen LogP contribution is 2.05. The smallest absolute Gasteiger partial charge is 0.137 e. The van der Waals surface area contributed by atoms with E-state index in [4.69, 9.17) is 18.9 Å². The molecule has 1 heterocycles. The zero-order valence-electron chi connectivity index (χ0n) is 10.1. The first-order chi connectivity index (χ1) is 8.43. The number of nitrogens with zero attached hydrogens (tertiary/aromatic N) is 1. The Balaban J connectivity index is 1.85. The molecule has 0 fully saturated rings. The highest BCUT2D eigenvalue weighted by molar-refractivity contribution is 5.15. The zero-order valence-corrected chi connectivity index (χ0v) is 10.1. The van der Waals surface area contributed by atoms with Crippen molar-refractivity contribution in [2.75, 3.05) is 46.8 Å². The van der Waals surface area contributed by atoms with Gasteiger partial charge in [0.05, 0.1) is 39.2 Å². The third-order valence-electron chi connectivity index (χ3n) is 1.93. The van der Waals surface area contributed by atoms with Gasteiger partial charge in [0.15, 0.2) is 0 Å². The van der Waals surface area contributed by atoms with Crippen LogP contribution in [-0.2, 0) is 14.2 Å². The minimum absolute atomic E-state index is 0.518. The van der Waals surface area contributed by atoms with E-state index in [1.165, 1.54) is 0 Å². The predicted molar refractivity (Wildman–Crippen MR) is 63.2 cm³/mol. The number of methoxy groups -OCH3 is 1. The van der Waals surface area contributed by atoms with Gasteiger partial charge in [-0.05, 0) is 12.1 Å². The van der Waals surface area contributed by atoms with Crippen LogP contribution >= 0.6 is 0 Å². The van der Waals surface area contributed by atoms with E-state index in [0.29, 0.717) is 39.6 Å². The van der Waals surface area contributed by atoms with Crippen LogP contribution in [0, 0.1) is 0 Å². The predicted octanol–water partition coefficient (Wildman–Crippen LogP) is 1.14. The minimum Gasteiger partial charge on any atom is -0.490 e. The van der Waals surface area contributed by atoms with Crippen molar-refractivity contribution in [3.8, 4) is 5.75 Å². The lowest BCUT2D eigenvalue weighted by Gasteiger charge is -2.07. The lowest BCUT2D eigenvalue weighted by atomic mass is 10.5. The molecule has 5 nitrogen and oxygen atoms in total. The van der Waals surface area contributed by atoms with E-state index in [-0.39, 0.29) is 0 Å². The third-order valence-corrected chi connectivity index (χ3v) is 1.93. The van der Waals surface area contributed by atoms with E-state index in [9.17, 15) is 0 Å². The molecule has 0 saturated carbocycles. The van der Waals surface area contributed by atoms with Gasteiger partial charge >= 0.3 is 0 Å². The van der Waals surface area contributed by atoms with Crippen LogP contribution < -0.4 is 4.74 Å². The third kappa shape index (κ3) is 7.68. The van der Waals surface area contributed by atoms with Crippen LogP contribution in [0.2, 0.25) is 0 Å². The van der Waals surface area contributed by atoms with Crippen LogP contribution in [0.5, 0.6) is 5.75 Å². The summed E-state index contributed by atoms with van der Waals surface area (Å²) in [7, 11) is 1.65. The van der Waals surface area contributed by atoms with Crippen LogP contribution in [0.3, 0.4) is 0 Å². The van der Waals surface area contributed by atoms with Crippen molar-refractivity contribution in [2.24, 2.45) is 0 Å². The molecule has 1 rings (SSSR count). The standard InChI is InChI=1S/C12H19NO4/c1-14-5-6-15-7-8-16-9-10-17-12-3-2-4-13-11-12/h2-4,11H,5-10H2,1H3. The second kappa shape index (κ2) is 10.0. The fraction of sp³-hybridized carbons (Fsp3) is 0.583. The van der Waals surface area contributed by atoms with E-state index in [0.717, 1.165) is 5.75 Å². The van der Waals surface area contributed by atoms with Gasteiger partial charge < -0.3 is 18.9 Å². The molecule has 0 aromatic carbocycles. The molecule has 0 aliphatic rings. The van der Waals surface area contributed by atoms with E-state index >= 15 is 0 Å². The molecule has 0 amide bonds. The number of aromatic nitrogens is 1. The van der Waals surface area contributed by atoms with Gasteiger partial charge in [-0.25, -0.2) is 0 Å². The molecule has 0 radical (unpaired) electrons. The molecule has 0 saturated heterocycles. The molecule has 0 N–H and O–H groups in total. The molecular formula is C12H19NO4. The van der Waals surface area contributed by atoms with Crippen LogP contribution in [-0.4, -0.2) is 51.7 Å². The van der Waals surface area contributed by atoms with E-state index in [1.807, 2.05) is 12.1 Å². The summed E-state index contributed by atoms with van der Waals surface area (Å²) in [6.07, 6.45) is 3.38. The molecule has 0 atom stereocenters. The van der Waals surface area contributed by atoms with Gasteiger partial charge in [0.2, 0.25) is 0 Å². The SMILES string of the molecule is COCCOCCOCCOc1cccnc1. The summed E-state index contributed by atoms with van der Waals surface area (Å²) in [6, 6.07) is 3.70. The fourth-order valence-corrected chi connectivity index (χ4v) is 1.12. The molecule has 0 spiro atoms. The second-order valence-electron chi connectivity index (χ2n) is 3.25. The summed E-state index contributed by atoms with van der Waals surface area (Å²) in [5.41, 5.74) is 0. The molecule has 0 aliphatic heterocycles. The van der Waals surface area contributed by atoms with Gasteiger partial charge in [-0.15, -0.1) is 0 Å². The van der Waals surface area contributed by atoms with Crippen molar-refractivity contribution in [1.29, 1.82) is 0 Å². The Labute approximate surface area is 102 Å². The van der Waals surface area contributed by atoms with E-state index in [2.05, 4.69) is 4.98 Å². The largest absolute Gasteiger partial charge is 0.490 e. The first-order valence-corrected chi connectivity index (χ1v) is 5.60. The quantitative estimate of drug-likeness (QED) is 0.575. The van der Waals surface area contributed by atoms with Crippen molar-refractivity contribution in [2.45, 2.75) is 0 Å². The summed E-state index contributed by atoms with van der Waals surface area (Å²) in [6.45, 7) is 3.43. The number of ether oxygens (including phenoxy) is 4. The normalized spacial score (nSPS) is 10.4. The van der Waals surface area contributed by atoms with Crippen molar-refractivity contribution in [3.05, 3.63) is 24.5 Å². The maximum Gasteiger partial charge on any atom is 0.137 e. The van der Waals surface area contributed by atoms with Gasteiger partial charge in [-0.2, -0.15) is 0 Å². The Morgan fingerprint density at radius 2 is 1.71 bits per heavy atom. The number of hydrogen-bond acceptors (Lipinski definition) is 5. The Morgan fingerprint density at radius 3 is 2.35 bits per heavy atom. The van der Waals surface area contributed by atoms with Gasteiger partial charge in [0.25, 0.3) is 0 Å². The minimum atomic E-state index is 0.518. The average Bonchev–Trinajstić information content (AvgIpc) is 2.38. The molecule has 1 aromatic heterocycles. The molecule has 17 heavy (non-hydrogen) atoms. The van der Waals surface area contributed by atoms with Crippen molar-refractivity contribution >= 4 is 0 Å². The molecule has 0 aliphatic carbocycles. The van der Waals surface area contributed by atoms with Crippen molar-refractivity contribution in [1.82, 2.24) is 4.98 Å². The van der Waals surface area contributed by atoms with Gasteiger partial charge in [0.1, 0.15) is 12.4 Å². The van der Waals surface area contributed by atoms with Crippen molar-refractivity contribution < 1.29 is 18.9 Å². The maximum atomic E-state index is 5.40. The lowest BCUT2D eigenvalue weighted by molar-refractivity contribution is 0.0179. The summed E-state index contributed by atoms with van der Waals surface area (Å²) in [5, 5.41) is 0. The summed E-state index contributed by atoms with van der Waals surface area (Å²) in [4.78, 5) is 3.94. The monoisotopic (exact) mass is 241 g/mol.